The molecule has 0 atom stereocenters. The van der Waals surface area contributed by atoms with Crippen LogP contribution in [0.5, 0.6) is 0 Å². The van der Waals surface area contributed by atoms with Gasteiger partial charge in [0.15, 0.2) is 0 Å². The van der Waals surface area contributed by atoms with Crippen molar-refractivity contribution in [2.24, 2.45) is 0 Å². The number of halogens is 1. The summed E-state index contributed by atoms with van der Waals surface area (Å²) in [6, 6.07) is 15.3. The summed E-state index contributed by atoms with van der Waals surface area (Å²) in [6.07, 6.45) is 0.845. The fraction of sp³-hybridized carbons (Fsp3) is 0.188. The van der Waals surface area contributed by atoms with E-state index in [1.165, 1.54) is 11.1 Å². The van der Waals surface area contributed by atoms with Gasteiger partial charge < -0.3 is 10.2 Å². The van der Waals surface area contributed by atoms with Gasteiger partial charge in [-0.05, 0) is 41.8 Å². The average molecular weight is 287 g/mol. The predicted molar refractivity (Wildman–Crippen MR) is 81.0 cm³/mol. The van der Waals surface area contributed by atoms with Gasteiger partial charge in [-0.1, -0.05) is 35.9 Å². The monoisotopic (exact) mass is 286 g/mol. The van der Waals surface area contributed by atoms with Gasteiger partial charge in [0, 0.05) is 23.8 Å². The first-order valence-electron chi connectivity index (χ1n) is 6.60. The molecule has 1 aliphatic rings. The minimum Gasteiger partial charge on any atom is -0.320 e. The Bertz CT molecular complexity index is 628. The van der Waals surface area contributed by atoms with Gasteiger partial charge in [-0.15, -0.1) is 0 Å². The summed E-state index contributed by atoms with van der Waals surface area (Å²) < 4.78 is 0. The van der Waals surface area contributed by atoms with E-state index in [4.69, 9.17) is 11.6 Å². The van der Waals surface area contributed by atoms with Crippen molar-refractivity contribution in [1.29, 1.82) is 0 Å². The van der Waals surface area contributed by atoms with Gasteiger partial charge in [0.05, 0.1) is 0 Å². The van der Waals surface area contributed by atoms with Crippen LogP contribution in [0.1, 0.15) is 11.1 Å². The highest BCUT2D eigenvalue weighted by atomic mass is 35.5. The standard InChI is InChI=1S/C16H15ClN2O/c17-14-7-6-13-11-19(9-8-12(13)10-14)16(20)18-15-4-2-1-3-5-15/h1-7,10H,8-9,11H2,(H,18,20). The van der Waals surface area contributed by atoms with Gasteiger partial charge in [-0.25, -0.2) is 4.79 Å². The van der Waals surface area contributed by atoms with Crippen LogP contribution in [-0.2, 0) is 13.0 Å². The molecule has 1 heterocycles. The Morgan fingerprint density at radius 1 is 1.10 bits per heavy atom. The molecule has 4 heteroatoms. The Morgan fingerprint density at radius 3 is 2.70 bits per heavy atom. The van der Waals surface area contributed by atoms with E-state index in [0.29, 0.717) is 13.1 Å². The molecule has 0 saturated carbocycles. The molecule has 0 bridgehead atoms. The topological polar surface area (TPSA) is 32.3 Å². The highest BCUT2D eigenvalue weighted by molar-refractivity contribution is 6.30. The molecule has 0 fully saturated rings. The van der Waals surface area contributed by atoms with E-state index in [1.807, 2.05) is 53.4 Å². The molecule has 3 nitrogen and oxygen atoms in total. The summed E-state index contributed by atoms with van der Waals surface area (Å²) in [5.74, 6) is 0. The van der Waals surface area contributed by atoms with E-state index >= 15 is 0 Å². The fourth-order valence-corrected chi connectivity index (χ4v) is 2.61. The maximum atomic E-state index is 12.2. The molecule has 20 heavy (non-hydrogen) atoms. The minimum absolute atomic E-state index is 0.0585. The number of para-hydroxylation sites is 1. The SMILES string of the molecule is O=C(Nc1ccccc1)N1CCc2cc(Cl)ccc2C1. The van der Waals surface area contributed by atoms with Gasteiger partial charge in [0.2, 0.25) is 0 Å². The number of amides is 2. The third kappa shape index (κ3) is 2.78. The molecule has 2 aromatic carbocycles. The zero-order chi connectivity index (χ0) is 13.9. The molecule has 3 rings (SSSR count). The number of rotatable bonds is 1. The summed E-state index contributed by atoms with van der Waals surface area (Å²) in [6.45, 7) is 1.34. The number of urea groups is 1. The van der Waals surface area contributed by atoms with E-state index in [9.17, 15) is 4.79 Å². The molecule has 0 saturated heterocycles. The summed E-state index contributed by atoms with van der Waals surface area (Å²) >= 11 is 5.99. The molecule has 102 valence electrons. The Hall–Kier alpha value is -2.00. The van der Waals surface area contributed by atoms with Crippen molar-refractivity contribution < 1.29 is 4.79 Å². The van der Waals surface area contributed by atoms with E-state index in [0.717, 1.165) is 17.1 Å². The lowest BCUT2D eigenvalue weighted by atomic mass is 10.0. The molecule has 0 unspecified atom stereocenters. The molecule has 0 aromatic heterocycles. The van der Waals surface area contributed by atoms with Crippen LogP contribution in [0.4, 0.5) is 10.5 Å². The summed E-state index contributed by atoms with van der Waals surface area (Å²) in [5, 5.41) is 3.67. The van der Waals surface area contributed by atoms with Crippen molar-refractivity contribution in [3.05, 3.63) is 64.7 Å². The van der Waals surface area contributed by atoms with E-state index in [2.05, 4.69) is 5.32 Å². The van der Waals surface area contributed by atoms with Crippen LogP contribution >= 0.6 is 11.6 Å². The Balaban J connectivity index is 1.70. The van der Waals surface area contributed by atoms with Crippen molar-refractivity contribution >= 4 is 23.3 Å². The number of benzene rings is 2. The number of anilines is 1. The normalized spacial score (nSPS) is 13.8. The average Bonchev–Trinajstić information content (AvgIpc) is 2.47. The maximum Gasteiger partial charge on any atom is 0.322 e. The molecule has 0 radical (unpaired) electrons. The molecular formula is C16H15ClN2O. The Morgan fingerprint density at radius 2 is 1.90 bits per heavy atom. The number of nitrogens with zero attached hydrogens (tertiary/aromatic N) is 1. The van der Waals surface area contributed by atoms with Crippen molar-refractivity contribution in [2.75, 3.05) is 11.9 Å². The molecule has 0 aliphatic carbocycles. The van der Waals surface area contributed by atoms with Crippen LogP contribution in [0.2, 0.25) is 5.02 Å². The van der Waals surface area contributed by atoms with Gasteiger partial charge in [0.25, 0.3) is 0 Å². The first-order valence-corrected chi connectivity index (χ1v) is 6.98. The lowest BCUT2D eigenvalue weighted by Gasteiger charge is -2.29. The second-order valence-electron chi connectivity index (χ2n) is 4.88. The van der Waals surface area contributed by atoms with Crippen molar-refractivity contribution in [2.45, 2.75) is 13.0 Å². The highest BCUT2D eigenvalue weighted by Gasteiger charge is 2.20. The van der Waals surface area contributed by atoms with Gasteiger partial charge in [-0.2, -0.15) is 0 Å². The first kappa shape index (κ1) is 13.0. The molecule has 1 N–H and O–H groups in total. The van der Waals surface area contributed by atoms with Crippen LogP contribution in [0, 0.1) is 0 Å². The molecule has 1 aliphatic heterocycles. The van der Waals surface area contributed by atoms with Crippen LogP contribution in [-0.4, -0.2) is 17.5 Å². The zero-order valence-electron chi connectivity index (χ0n) is 11.0. The maximum absolute atomic E-state index is 12.2. The van der Waals surface area contributed by atoms with Crippen molar-refractivity contribution in [3.8, 4) is 0 Å². The van der Waals surface area contributed by atoms with Crippen LogP contribution < -0.4 is 5.32 Å². The van der Waals surface area contributed by atoms with Gasteiger partial charge >= 0.3 is 6.03 Å². The van der Waals surface area contributed by atoms with E-state index < -0.39 is 0 Å². The van der Waals surface area contributed by atoms with Crippen LogP contribution in [0.15, 0.2) is 48.5 Å². The molecular weight excluding hydrogens is 272 g/mol. The highest BCUT2D eigenvalue weighted by Crippen LogP contribution is 2.23. The number of carbonyl (C=O) groups is 1. The van der Waals surface area contributed by atoms with Crippen molar-refractivity contribution in [3.63, 3.8) is 0 Å². The number of nitrogens with one attached hydrogen (secondary N) is 1. The zero-order valence-corrected chi connectivity index (χ0v) is 11.7. The quantitative estimate of drug-likeness (QED) is 0.846. The summed E-state index contributed by atoms with van der Waals surface area (Å²) in [5.41, 5.74) is 3.23. The van der Waals surface area contributed by atoms with Gasteiger partial charge in [0.1, 0.15) is 0 Å². The number of hydrogen-bond acceptors (Lipinski definition) is 1. The van der Waals surface area contributed by atoms with E-state index in [1.54, 1.807) is 0 Å². The summed E-state index contributed by atoms with van der Waals surface area (Å²) in [4.78, 5) is 14.1. The minimum atomic E-state index is -0.0585. The smallest absolute Gasteiger partial charge is 0.320 e. The lowest BCUT2D eigenvalue weighted by molar-refractivity contribution is 0.206. The third-order valence-corrected chi connectivity index (χ3v) is 3.73. The Labute approximate surface area is 123 Å². The molecule has 0 spiro atoms. The van der Waals surface area contributed by atoms with Crippen LogP contribution in [0.25, 0.3) is 0 Å². The number of fused-ring (bicyclic) bond motifs is 1. The molecule has 2 aromatic rings. The largest absolute Gasteiger partial charge is 0.322 e. The second kappa shape index (κ2) is 5.55. The van der Waals surface area contributed by atoms with Gasteiger partial charge in [-0.3, -0.25) is 0 Å². The number of hydrogen-bond donors (Lipinski definition) is 1. The van der Waals surface area contributed by atoms with Crippen molar-refractivity contribution in [1.82, 2.24) is 4.90 Å². The lowest BCUT2D eigenvalue weighted by Crippen LogP contribution is -2.38. The second-order valence-corrected chi connectivity index (χ2v) is 5.32. The first-order chi connectivity index (χ1) is 9.72. The summed E-state index contributed by atoms with van der Waals surface area (Å²) in [7, 11) is 0. The fourth-order valence-electron chi connectivity index (χ4n) is 2.42. The third-order valence-electron chi connectivity index (χ3n) is 3.49. The molecule has 2 amide bonds. The Kier molecular flexibility index (Phi) is 3.61. The predicted octanol–water partition coefficient (Wildman–Crippen LogP) is 3.93. The number of carbonyl (C=O) groups excluding carboxylic acids is 1. The van der Waals surface area contributed by atoms with E-state index in [-0.39, 0.29) is 6.03 Å². The van der Waals surface area contributed by atoms with Crippen LogP contribution in [0.3, 0.4) is 0 Å².